The Balaban J connectivity index is 1.53. The normalized spacial score (nSPS) is 15.1. The molecule has 11 heteroatoms. The van der Waals surface area contributed by atoms with Gasteiger partial charge >= 0.3 is 6.16 Å². The summed E-state index contributed by atoms with van der Waals surface area (Å²) in [6.45, 7) is 4.40. The number of rotatable bonds is 14. The van der Waals surface area contributed by atoms with Gasteiger partial charge in [0, 0.05) is 55.8 Å². The Morgan fingerprint density at radius 1 is 0.884 bits per heavy atom. The molecule has 228 valence electrons. The van der Waals surface area contributed by atoms with Crippen molar-refractivity contribution in [1.82, 2.24) is 10.4 Å². The summed E-state index contributed by atoms with van der Waals surface area (Å²) in [7, 11) is 0. The summed E-state index contributed by atoms with van der Waals surface area (Å²) < 4.78 is 5.37. The minimum absolute atomic E-state index is 0.0111. The van der Waals surface area contributed by atoms with E-state index >= 15 is 0 Å². The van der Waals surface area contributed by atoms with Gasteiger partial charge in [-0.15, -0.1) is 0 Å². The molecule has 0 saturated carbocycles. The predicted octanol–water partition coefficient (Wildman–Crippen LogP) is 5.02. The van der Waals surface area contributed by atoms with Crippen molar-refractivity contribution in [3.63, 3.8) is 0 Å². The summed E-state index contributed by atoms with van der Waals surface area (Å²) in [6, 6.07) is 10.8. The van der Waals surface area contributed by atoms with Crippen molar-refractivity contribution in [2.45, 2.75) is 77.6 Å². The zero-order valence-corrected chi connectivity index (χ0v) is 24.5. The Hall–Kier alpha value is -4.54. The van der Waals surface area contributed by atoms with Gasteiger partial charge in [-0.05, 0) is 53.6 Å². The molecule has 0 radical (unpaired) electrons. The molecule has 0 spiro atoms. The van der Waals surface area contributed by atoms with Gasteiger partial charge in [-0.1, -0.05) is 49.6 Å². The molecule has 2 N–H and O–H groups in total. The molecule has 1 aliphatic carbocycles. The first kappa shape index (κ1) is 31.4. The maximum Gasteiger partial charge on any atom is 0.533 e. The van der Waals surface area contributed by atoms with E-state index in [1.54, 1.807) is 24.3 Å². The van der Waals surface area contributed by atoms with Crippen molar-refractivity contribution < 1.29 is 38.3 Å². The largest absolute Gasteiger partial charge is 0.533 e. The highest BCUT2D eigenvalue weighted by Gasteiger charge is 2.36. The average molecular weight is 592 g/mol. The van der Waals surface area contributed by atoms with Crippen LogP contribution in [0.1, 0.15) is 99.0 Å². The number of carbonyl (C=O) groups excluding carboxylic acids is 6. The molecule has 1 saturated heterocycles. The Bertz CT molecular complexity index is 1400. The van der Waals surface area contributed by atoms with Crippen LogP contribution in [-0.4, -0.2) is 53.8 Å². The van der Waals surface area contributed by atoms with Crippen LogP contribution in [0.5, 0.6) is 0 Å². The van der Waals surface area contributed by atoms with Crippen LogP contribution in [-0.2, 0) is 28.8 Å². The molecule has 0 bridgehead atoms. The van der Waals surface area contributed by atoms with E-state index in [9.17, 15) is 28.8 Å². The molecular weight excluding hydrogens is 554 g/mol. The smallest absolute Gasteiger partial charge is 0.432 e. The molecule has 4 rings (SSSR count). The molecule has 1 atom stereocenters. The monoisotopic (exact) mass is 591 g/mol. The molecule has 2 aromatic carbocycles. The highest BCUT2D eigenvalue weighted by Crippen LogP contribution is 2.48. The van der Waals surface area contributed by atoms with Crippen molar-refractivity contribution in [3.05, 3.63) is 53.1 Å². The molecular formula is C32H37N3O8. The molecule has 1 heterocycles. The minimum Gasteiger partial charge on any atom is -0.432 e. The van der Waals surface area contributed by atoms with Crippen LogP contribution in [0, 0.1) is 0 Å². The molecule has 2 aliphatic rings. The zero-order valence-electron chi connectivity index (χ0n) is 24.5. The number of anilines is 1. The number of Topliss-reactive ketones (excluding diaryl/α,β-unsaturated/α-hetero) is 1. The standard InChI is InChI=1S/C32H37N3O8/c1-3-5-10-26(36)23-9-6-8-21-25(19-42-32(41)43-35-29(39)15-16-30(35)40)24-18-20(13-14-22(24)31(21)23)34-28(38)12-7-11-27(37)33-17-4-2/h6,8-9,13-14,18,25H,3-5,7,10-12,15-17,19H2,1-2H3,(H,33,37)(H,34,38). The van der Waals surface area contributed by atoms with Crippen LogP contribution < -0.4 is 10.6 Å². The number of ketones is 1. The highest BCUT2D eigenvalue weighted by atomic mass is 16.8. The Morgan fingerprint density at radius 2 is 1.63 bits per heavy atom. The summed E-state index contributed by atoms with van der Waals surface area (Å²) in [5.41, 5.74) is 4.15. The summed E-state index contributed by atoms with van der Waals surface area (Å²) >= 11 is 0. The Kier molecular flexibility index (Phi) is 10.6. The second-order valence-corrected chi connectivity index (χ2v) is 10.6. The lowest BCUT2D eigenvalue weighted by molar-refractivity contribution is -0.177. The molecule has 1 aliphatic heterocycles. The van der Waals surface area contributed by atoms with Gasteiger partial charge in [0.25, 0.3) is 11.8 Å². The van der Waals surface area contributed by atoms with E-state index in [-0.39, 0.29) is 49.9 Å². The number of ether oxygens (including phenoxy) is 1. The number of hydrogen-bond donors (Lipinski definition) is 2. The quantitative estimate of drug-likeness (QED) is 0.177. The fraction of sp³-hybridized carbons (Fsp3) is 0.438. The van der Waals surface area contributed by atoms with Crippen LogP contribution in [0.2, 0.25) is 0 Å². The van der Waals surface area contributed by atoms with Crippen molar-refractivity contribution >= 4 is 41.3 Å². The van der Waals surface area contributed by atoms with Crippen LogP contribution in [0.25, 0.3) is 11.1 Å². The number of nitrogens with zero attached hydrogens (tertiary/aromatic N) is 1. The molecule has 0 aromatic heterocycles. The third-order valence-corrected chi connectivity index (χ3v) is 7.43. The van der Waals surface area contributed by atoms with Gasteiger partial charge in [0.15, 0.2) is 5.78 Å². The SMILES string of the molecule is CCCCC(=O)c1cccc2c1-c1ccc(NC(=O)CCCC(=O)NCCC)cc1C2COC(=O)ON1C(=O)CCC1=O. The van der Waals surface area contributed by atoms with Crippen LogP contribution in [0.3, 0.4) is 0 Å². The van der Waals surface area contributed by atoms with E-state index < -0.39 is 23.9 Å². The number of carbonyl (C=O) groups is 6. The number of hydrogen-bond acceptors (Lipinski definition) is 8. The van der Waals surface area contributed by atoms with Crippen LogP contribution >= 0.6 is 0 Å². The van der Waals surface area contributed by atoms with Crippen molar-refractivity contribution in [3.8, 4) is 11.1 Å². The molecule has 4 amide bonds. The Labute approximate surface area is 250 Å². The summed E-state index contributed by atoms with van der Waals surface area (Å²) in [4.78, 5) is 78.6. The topological polar surface area (TPSA) is 148 Å². The lowest BCUT2D eigenvalue weighted by Crippen LogP contribution is -2.32. The number of amides is 4. The fourth-order valence-corrected chi connectivity index (χ4v) is 5.26. The van der Waals surface area contributed by atoms with Gasteiger partial charge in [-0.3, -0.25) is 28.8 Å². The maximum absolute atomic E-state index is 13.2. The third-order valence-electron chi connectivity index (χ3n) is 7.43. The molecule has 43 heavy (non-hydrogen) atoms. The van der Waals surface area contributed by atoms with Gasteiger partial charge in [-0.2, -0.15) is 0 Å². The van der Waals surface area contributed by atoms with Gasteiger partial charge < -0.3 is 15.4 Å². The van der Waals surface area contributed by atoms with Crippen molar-refractivity contribution in [2.24, 2.45) is 0 Å². The van der Waals surface area contributed by atoms with Crippen molar-refractivity contribution in [2.75, 3.05) is 18.5 Å². The van der Waals surface area contributed by atoms with E-state index in [1.165, 1.54) is 0 Å². The van der Waals surface area contributed by atoms with Crippen LogP contribution in [0.4, 0.5) is 10.5 Å². The van der Waals surface area contributed by atoms with Gasteiger partial charge in [0.1, 0.15) is 6.61 Å². The van der Waals surface area contributed by atoms with Gasteiger partial charge in [-0.25, -0.2) is 4.79 Å². The third kappa shape index (κ3) is 7.65. The molecule has 2 aromatic rings. The fourth-order valence-electron chi connectivity index (χ4n) is 5.26. The average Bonchev–Trinajstić information content (AvgIpc) is 3.48. The van der Waals surface area contributed by atoms with Gasteiger partial charge in [0.05, 0.1) is 0 Å². The zero-order chi connectivity index (χ0) is 30.9. The number of unbranched alkanes of at least 4 members (excludes halogenated alkanes) is 1. The lowest BCUT2D eigenvalue weighted by atomic mass is 9.93. The summed E-state index contributed by atoms with van der Waals surface area (Å²) in [6.07, 6.45) is 2.44. The minimum atomic E-state index is -1.19. The molecule has 1 unspecified atom stereocenters. The number of fused-ring (bicyclic) bond motifs is 3. The number of imide groups is 1. The molecule has 11 nitrogen and oxygen atoms in total. The van der Waals surface area contributed by atoms with E-state index in [0.29, 0.717) is 35.7 Å². The Morgan fingerprint density at radius 3 is 2.35 bits per heavy atom. The van der Waals surface area contributed by atoms with Gasteiger partial charge in [0.2, 0.25) is 11.8 Å². The predicted molar refractivity (Wildman–Crippen MR) is 157 cm³/mol. The van der Waals surface area contributed by atoms with Crippen LogP contribution in [0.15, 0.2) is 36.4 Å². The van der Waals surface area contributed by atoms with E-state index in [2.05, 4.69) is 10.6 Å². The first-order valence-corrected chi connectivity index (χ1v) is 14.8. The van der Waals surface area contributed by atoms with E-state index in [4.69, 9.17) is 9.57 Å². The first-order valence-electron chi connectivity index (χ1n) is 14.8. The number of benzene rings is 2. The maximum atomic E-state index is 13.2. The summed E-state index contributed by atoms with van der Waals surface area (Å²) in [5.74, 6) is -2.05. The molecule has 1 fully saturated rings. The second kappa shape index (κ2) is 14.6. The highest BCUT2D eigenvalue weighted by molar-refractivity contribution is 6.05. The number of hydroxylamine groups is 2. The van der Waals surface area contributed by atoms with E-state index in [1.807, 2.05) is 26.0 Å². The second-order valence-electron chi connectivity index (χ2n) is 10.6. The number of nitrogens with one attached hydrogen (secondary N) is 2. The summed E-state index contributed by atoms with van der Waals surface area (Å²) in [5, 5.41) is 6.08. The van der Waals surface area contributed by atoms with Crippen molar-refractivity contribution in [1.29, 1.82) is 0 Å². The first-order chi connectivity index (χ1) is 20.7. The van der Waals surface area contributed by atoms with E-state index in [0.717, 1.165) is 41.5 Å². The lowest BCUT2D eigenvalue weighted by Gasteiger charge is -2.17.